The summed E-state index contributed by atoms with van der Waals surface area (Å²) < 4.78 is 1.87. The summed E-state index contributed by atoms with van der Waals surface area (Å²) in [7, 11) is 2.12. The number of nitrogens with zero attached hydrogens (tertiary/aromatic N) is 4. The molecule has 0 atom stereocenters. The first kappa shape index (κ1) is 21.6. The minimum Gasteiger partial charge on any atom is -0.330 e. The molecular formula is C23H28ClN5O2. The highest BCUT2D eigenvalue weighted by molar-refractivity contribution is 6.33. The van der Waals surface area contributed by atoms with Crippen molar-refractivity contribution in [3.63, 3.8) is 0 Å². The van der Waals surface area contributed by atoms with E-state index in [1.807, 2.05) is 22.8 Å². The summed E-state index contributed by atoms with van der Waals surface area (Å²) in [4.78, 5) is 33.8. The Morgan fingerprint density at radius 3 is 2.81 bits per heavy atom. The largest absolute Gasteiger partial charge is 0.330 e. The van der Waals surface area contributed by atoms with Crippen molar-refractivity contribution in [3.05, 3.63) is 59.2 Å². The van der Waals surface area contributed by atoms with Crippen molar-refractivity contribution in [2.24, 2.45) is 0 Å². The number of nitrogens with one attached hydrogen (secondary N) is 1. The molecule has 1 aromatic heterocycles. The van der Waals surface area contributed by atoms with Gasteiger partial charge in [0.25, 0.3) is 5.91 Å². The van der Waals surface area contributed by atoms with Crippen LogP contribution in [0.2, 0.25) is 5.02 Å². The Bertz CT molecular complexity index is 980. The summed E-state index contributed by atoms with van der Waals surface area (Å²) in [5, 5.41) is 3.31. The first-order valence-corrected chi connectivity index (χ1v) is 11.2. The zero-order valence-electron chi connectivity index (χ0n) is 17.8. The lowest BCUT2D eigenvalue weighted by atomic mass is 10.2. The van der Waals surface area contributed by atoms with E-state index in [9.17, 15) is 9.59 Å². The number of anilines is 1. The van der Waals surface area contributed by atoms with Gasteiger partial charge in [-0.1, -0.05) is 42.7 Å². The molecule has 4 rings (SSSR count). The van der Waals surface area contributed by atoms with Crippen molar-refractivity contribution in [2.75, 3.05) is 25.5 Å². The van der Waals surface area contributed by atoms with E-state index in [4.69, 9.17) is 11.6 Å². The molecule has 1 N–H and O–H groups in total. The Labute approximate surface area is 187 Å². The fourth-order valence-electron chi connectivity index (χ4n) is 4.30. The van der Waals surface area contributed by atoms with Crippen LogP contribution in [-0.2, 0) is 17.9 Å². The van der Waals surface area contributed by atoms with Gasteiger partial charge in [0.1, 0.15) is 11.5 Å². The molecule has 1 aliphatic carbocycles. The Balaban J connectivity index is 1.34. The first-order valence-electron chi connectivity index (χ1n) is 10.8. The van der Waals surface area contributed by atoms with E-state index in [0.717, 1.165) is 6.54 Å². The topological polar surface area (TPSA) is 70.5 Å². The third-order valence-corrected chi connectivity index (χ3v) is 6.46. The fraction of sp³-hybridized carbons (Fsp3) is 0.435. The third kappa shape index (κ3) is 4.99. The van der Waals surface area contributed by atoms with E-state index >= 15 is 0 Å². The molecule has 0 spiro atoms. The zero-order chi connectivity index (χ0) is 21.8. The second kappa shape index (κ2) is 9.66. The van der Waals surface area contributed by atoms with Gasteiger partial charge in [-0.3, -0.25) is 14.5 Å². The van der Waals surface area contributed by atoms with Crippen molar-refractivity contribution in [1.82, 2.24) is 19.4 Å². The van der Waals surface area contributed by atoms with E-state index in [0.29, 0.717) is 47.9 Å². The molecule has 0 radical (unpaired) electrons. The van der Waals surface area contributed by atoms with Crippen molar-refractivity contribution < 1.29 is 9.59 Å². The van der Waals surface area contributed by atoms with Gasteiger partial charge in [-0.2, -0.15) is 0 Å². The molecule has 1 aromatic carbocycles. The number of imidazole rings is 1. The Morgan fingerprint density at radius 2 is 2.03 bits per heavy atom. The van der Waals surface area contributed by atoms with Crippen molar-refractivity contribution in [3.8, 4) is 0 Å². The number of hydrogen-bond acceptors (Lipinski definition) is 4. The predicted octanol–water partition coefficient (Wildman–Crippen LogP) is 3.56. The highest BCUT2D eigenvalue weighted by Crippen LogP contribution is 2.23. The van der Waals surface area contributed by atoms with Crippen LogP contribution in [0.5, 0.6) is 0 Å². The van der Waals surface area contributed by atoms with Gasteiger partial charge in [0.2, 0.25) is 5.91 Å². The standard InChI is InChI=1S/C23H28ClN5O2/c1-27(17-7-2-3-8-17)12-6-11-22(30)28-13-14-29-20(15-25-21(29)16-28)23(31)26-19-10-5-4-9-18(19)24/h4-6,9-11,15,17H,2-3,7-8,12-14,16H2,1H3,(H,26,31)/b11-6+. The zero-order valence-corrected chi connectivity index (χ0v) is 18.5. The minimum atomic E-state index is -0.263. The van der Waals surface area contributed by atoms with Gasteiger partial charge in [-0.05, 0) is 32.0 Å². The van der Waals surface area contributed by atoms with Crippen LogP contribution >= 0.6 is 11.6 Å². The average Bonchev–Trinajstić information content (AvgIpc) is 3.45. The summed E-state index contributed by atoms with van der Waals surface area (Å²) in [5.74, 6) is 0.429. The molecule has 1 fully saturated rings. The van der Waals surface area contributed by atoms with E-state index < -0.39 is 0 Å². The minimum absolute atomic E-state index is 0.0175. The SMILES string of the molecule is CN(C/C=C/C(=O)N1CCn2c(C(=O)Nc3ccccc3Cl)cnc2C1)C1CCCC1. The molecule has 0 saturated heterocycles. The van der Waals surface area contributed by atoms with Gasteiger partial charge in [-0.15, -0.1) is 0 Å². The molecular weight excluding hydrogens is 414 g/mol. The summed E-state index contributed by atoms with van der Waals surface area (Å²) >= 11 is 6.13. The fourth-order valence-corrected chi connectivity index (χ4v) is 4.48. The lowest BCUT2D eigenvalue weighted by molar-refractivity contribution is -0.127. The van der Waals surface area contributed by atoms with Crippen LogP contribution in [0.15, 0.2) is 42.6 Å². The van der Waals surface area contributed by atoms with Crippen molar-refractivity contribution in [2.45, 2.75) is 44.8 Å². The van der Waals surface area contributed by atoms with Gasteiger partial charge in [-0.25, -0.2) is 4.98 Å². The van der Waals surface area contributed by atoms with E-state index in [2.05, 4.69) is 22.2 Å². The molecule has 2 heterocycles. The van der Waals surface area contributed by atoms with Crippen LogP contribution < -0.4 is 5.32 Å². The van der Waals surface area contributed by atoms with E-state index in [-0.39, 0.29) is 11.8 Å². The molecule has 0 bridgehead atoms. The number of hydrogen-bond donors (Lipinski definition) is 1. The second-order valence-electron chi connectivity index (χ2n) is 8.19. The van der Waals surface area contributed by atoms with Crippen LogP contribution in [-0.4, -0.2) is 57.3 Å². The van der Waals surface area contributed by atoms with Gasteiger partial charge < -0.3 is 14.8 Å². The number of para-hydroxylation sites is 1. The Hall–Kier alpha value is -2.64. The molecule has 0 unspecified atom stereocenters. The van der Waals surface area contributed by atoms with Crippen molar-refractivity contribution in [1.29, 1.82) is 0 Å². The van der Waals surface area contributed by atoms with Crippen molar-refractivity contribution >= 4 is 29.1 Å². The normalized spacial score (nSPS) is 16.8. The number of rotatable bonds is 6. The van der Waals surface area contributed by atoms with Crippen LogP contribution in [0.3, 0.4) is 0 Å². The first-order chi connectivity index (χ1) is 15.0. The molecule has 7 nitrogen and oxygen atoms in total. The molecule has 31 heavy (non-hydrogen) atoms. The van der Waals surface area contributed by atoms with Gasteiger partial charge in [0.05, 0.1) is 23.5 Å². The molecule has 2 aliphatic rings. The highest BCUT2D eigenvalue weighted by Gasteiger charge is 2.25. The summed E-state index contributed by atoms with van der Waals surface area (Å²) in [6, 6.07) is 7.75. The van der Waals surface area contributed by atoms with Gasteiger partial charge in [0, 0.05) is 31.8 Å². The molecule has 1 aliphatic heterocycles. The smallest absolute Gasteiger partial charge is 0.273 e. The highest BCUT2D eigenvalue weighted by atomic mass is 35.5. The number of aromatic nitrogens is 2. The number of amides is 2. The van der Waals surface area contributed by atoms with Gasteiger partial charge in [0.15, 0.2) is 0 Å². The molecule has 8 heteroatoms. The lowest BCUT2D eigenvalue weighted by Crippen LogP contribution is -2.38. The average molecular weight is 442 g/mol. The molecule has 2 amide bonds. The quantitative estimate of drug-likeness (QED) is 0.696. The monoisotopic (exact) mass is 441 g/mol. The van der Waals surface area contributed by atoms with Crippen LogP contribution in [0.25, 0.3) is 0 Å². The summed E-state index contributed by atoms with van der Waals surface area (Å²) in [6.07, 6.45) is 10.3. The van der Waals surface area contributed by atoms with E-state index in [1.165, 1.54) is 25.7 Å². The maximum Gasteiger partial charge on any atom is 0.273 e. The van der Waals surface area contributed by atoms with Gasteiger partial charge >= 0.3 is 0 Å². The molecule has 2 aromatic rings. The molecule has 1 saturated carbocycles. The maximum atomic E-state index is 12.7. The Kier molecular flexibility index (Phi) is 6.73. The van der Waals surface area contributed by atoms with Crippen LogP contribution in [0.4, 0.5) is 5.69 Å². The number of carbonyl (C=O) groups is 2. The number of fused-ring (bicyclic) bond motifs is 1. The summed E-state index contributed by atoms with van der Waals surface area (Å²) in [5.41, 5.74) is 1.03. The summed E-state index contributed by atoms with van der Waals surface area (Å²) in [6.45, 7) is 2.24. The van der Waals surface area contributed by atoms with Crippen LogP contribution in [0, 0.1) is 0 Å². The number of likely N-dealkylation sites (N-methyl/N-ethyl adjacent to an activating group) is 1. The lowest BCUT2D eigenvalue weighted by Gasteiger charge is -2.27. The number of carbonyl (C=O) groups excluding carboxylic acids is 2. The number of halogens is 1. The molecule has 164 valence electrons. The predicted molar refractivity (Wildman–Crippen MR) is 121 cm³/mol. The third-order valence-electron chi connectivity index (χ3n) is 6.13. The number of benzene rings is 1. The second-order valence-corrected chi connectivity index (χ2v) is 8.59. The van der Waals surface area contributed by atoms with Crippen LogP contribution in [0.1, 0.15) is 42.0 Å². The maximum absolute atomic E-state index is 12.7. The Morgan fingerprint density at radius 1 is 1.26 bits per heavy atom. The van der Waals surface area contributed by atoms with E-state index in [1.54, 1.807) is 29.3 Å².